The lowest BCUT2D eigenvalue weighted by molar-refractivity contribution is -0.115. The highest BCUT2D eigenvalue weighted by molar-refractivity contribution is 6.34. The van der Waals surface area contributed by atoms with Crippen LogP contribution in [0.1, 0.15) is 34.1 Å². The number of rotatable bonds is 7. The van der Waals surface area contributed by atoms with Gasteiger partial charge < -0.3 is 14.8 Å². The van der Waals surface area contributed by atoms with Crippen molar-refractivity contribution in [1.82, 2.24) is 0 Å². The van der Waals surface area contributed by atoms with Gasteiger partial charge in [-0.2, -0.15) is 0 Å². The molecular formula is C23H20ClNO5. The summed E-state index contributed by atoms with van der Waals surface area (Å²) in [7, 11) is 1.38. The van der Waals surface area contributed by atoms with E-state index in [0.29, 0.717) is 11.3 Å². The van der Waals surface area contributed by atoms with Gasteiger partial charge in [-0.05, 0) is 16.8 Å². The van der Waals surface area contributed by atoms with E-state index in [1.54, 1.807) is 19.1 Å². The third kappa shape index (κ3) is 4.60. The van der Waals surface area contributed by atoms with Gasteiger partial charge in [0, 0.05) is 18.1 Å². The second kappa shape index (κ2) is 9.41. The largest absolute Gasteiger partial charge is 0.496 e. The molecule has 30 heavy (non-hydrogen) atoms. The molecule has 0 unspecified atom stereocenters. The molecule has 1 amide bonds. The number of nitrogens with one attached hydrogen (secondary N) is 1. The van der Waals surface area contributed by atoms with E-state index in [1.165, 1.54) is 19.2 Å². The van der Waals surface area contributed by atoms with Crippen molar-refractivity contribution in [1.29, 1.82) is 0 Å². The molecule has 0 aromatic heterocycles. The second-order valence-corrected chi connectivity index (χ2v) is 6.87. The topological polar surface area (TPSA) is 81.7 Å². The molecule has 0 aliphatic heterocycles. The van der Waals surface area contributed by atoms with Crippen LogP contribution in [0.25, 0.3) is 10.8 Å². The lowest BCUT2D eigenvalue weighted by Crippen LogP contribution is -2.16. The Balaban J connectivity index is 1.78. The number of methoxy groups -OCH3 is 1. The van der Waals surface area contributed by atoms with Crippen LogP contribution in [-0.4, -0.2) is 31.4 Å². The van der Waals surface area contributed by atoms with E-state index >= 15 is 0 Å². The molecule has 0 spiro atoms. The van der Waals surface area contributed by atoms with Crippen molar-refractivity contribution < 1.29 is 23.9 Å². The van der Waals surface area contributed by atoms with Crippen LogP contribution in [-0.2, 0) is 9.53 Å². The Morgan fingerprint density at radius 2 is 1.73 bits per heavy atom. The maximum absolute atomic E-state index is 12.6. The van der Waals surface area contributed by atoms with Crippen LogP contribution in [0.4, 0.5) is 5.69 Å². The summed E-state index contributed by atoms with van der Waals surface area (Å²) in [5, 5.41) is 4.50. The lowest BCUT2D eigenvalue weighted by atomic mass is 10.0. The van der Waals surface area contributed by atoms with Crippen LogP contribution >= 0.6 is 11.6 Å². The van der Waals surface area contributed by atoms with Gasteiger partial charge in [-0.1, -0.05) is 61.0 Å². The highest BCUT2D eigenvalue weighted by Crippen LogP contribution is 2.31. The van der Waals surface area contributed by atoms with Gasteiger partial charge in [0.15, 0.2) is 6.61 Å². The van der Waals surface area contributed by atoms with Gasteiger partial charge in [-0.25, -0.2) is 4.79 Å². The number of anilines is 1. The SMILES string of the molecule is CCC(=O)Nc1cc(OC)c(C(=O)OCC(=O)c2cccc3ccccc23)cc1Cl. The standard InChI is InChI=1S/C23H20ClNO5/c1-3-22(27)25-19-12-21(29-2)17(11-18(19)24)23(28)30-13-20(26)16-10-6-8-14-7-4-5-9-15(14)16/h4-12H,3,13H2,1-2H3,(H,25,27). The number of amides is 1. The molecule has 0 saturated carbocycles. The number of halogens is 1. The fourth-order valence-corrected chi connectivity index (χ4v) is 3.18. The molecular weight excluding hydrogens is 406 g/mol. The molecule has 0 saturated heterocycles. The molecule has 3 rings (SSSR count). The molecule has 0 aliphatic carbocycles. The van der Waals surface area contributed by atoms with Gasteiger partial charge in [0.2, 0.25) is 11.7 Å². The Bertz CT molecular complexity index is 1120. The average molecular weight is 426 g/mol. The van der Waals surface area contributed by atoms with Crippen molar-refractivity contribution in [3.05, 3.63) is 70.7 Å². The zero-order valence-corrected chi connectivity index (χ0v) is 17.3. The Hall–Kier alpha value is -3.38. The first kappa shape index (κ1) is 21.3. The van der Waals surface area contributed by atoms with Crippen molar-refractivity contribution in [2.45, 2.75) is 13.3 Å². The fraction of sp³-hybridized carbons (Fsp3) is 0.174. The minimum absolute atomic E-state index is 0.0581. The molecule has 0 aliphatic rings. The second-order valence-electron chi connectivity index (χ2n) is 6.46. The lowest BCUT2D eigenvalue weighted by Gasteiger charge is -2.13. The maximum Gasteiger partial charge on any atom is 0.342 e. The van der Waals surface area contributed by atoms with Crippen LogP contribution < -0.4 is 10.1 Å². The molecule has 7 heteroatoms. The maximum atomic E-state index is 12.6. The number of benzene rings is 3. The number of fused-ring (bicyclic) bond motifs is 1. The first-order valence-corrected chi connectivity index (χ1v) is 9.67. The number of Topliss-reactive ketones (excluding diaryl/α,β-unsaturated/α-hetero) is 1. The quantitative estimate of drug-likeness (QED) is 0.430. The van der Waals surface area contributed by atoms with Crippen molar-refractivity contribution in [2.24, 2.45) is 0 Å². The summed E-state index contributed by atoms with van der Waals surface area (Å²) in [4.78, 5) is 36.8. The molecule has 0 atom stereocenters. The summed E-state index contributed by atoms with van der Waals surface area (Å²) in [5.41, 5.74) is 0.856. The predicted octanol–water partition coefficient (Wildman–Crippen LogP) is 4.89. The average Bonchev–Trinajstić information content (AvgIpc) is 2.77. The predicted molar refractivity (Wildman–Crippen MR) is 115 cm³/mol. The van der Waals surface area contributed by atoms with Crippen molar-refractivity contribution >= 4 is 45.7 Å². The van der Waals surface area contributed by atoms with E-state index in [9.17, 15) is 14.4 Å². The van der Waals surface area contributed by atoms with E-state index in [0.717, 1.165) is 10.8 Å². The fourth-order valence-electron chi connectivity index (χ4n) is 2.97. The minimum atomic E-state index is -0.754. The van der Waals surface area contributed by atoms with Crippen LogP contribution in [0.15, 0.2) is 54.6 Å². The number of hydrogen-bond acceptors (Lipinski definition) is 5. The smallest absolute Gasteiger partial charge is 0.342 e. The summed E-state index contributed by atoms with van der Waals surface area (Å²) in [6.07, 6.45) is 0.277. The van der Waals surface area contributed by atoms with E-state index < -0.39 is 12.6 Å². The Kier molecular flexibility index (Phi) is 6.69. The molecule has 0 radical (unpaired) electrons. The van der Waals surface area contributed by atoms with Crippen molar-refractivity contribution in [3.63, 3.8) is 0 Å². The first-order valence-electron chi connectivity index (χ1n) is 9.30. The first-order chi connectivity index (χ1) is 14.4. The van der Waals surface area contributed by atoms with Gasteiger partial charge in [0.25, 0.3) is 0 Å². The number of ketones is 1. The van der Waals surface area contributed by atoms with Crippen molar-refractivity contribution in [2.75, 3.05) is 19.0 Å². The van der Waals surface area contributed by atoms with E-state index in [-0.39, 0.29) is 34.4 Å². The Morgan fingerprint density at radius 3 is 2.47 bits per heavy atom. The van der Waals surface area contributed by atoms with E-state index in [1.807, 2.05) is 30.3 Å². The molecule has 0 fully saturated rings. The zero-order chi connectivity index (χ0) is 21.7. The molecule has 3 aromatic rings. The summed E-state index contributed by atoms with van der Waals surface area (Å²) >= 11 is 6.18. The van der Waals surface area contributed by atoms with Crippen LogP contribution in [0.2, 0.25) is 5.02 Å². The van der Waals surface area contributed by atoms with Gasteiger partial charge in [-0.3, -0.25) is 9.59 Å². The van der Waals surface area contributed by atoms with E-state index in [2.05, 4.69) is 5.32 Å². The highest BCUT2D eigenvalue weighted by Gasteiger charge is 2.20. The third-order valence-corrected chi connectivity index (χ3v) is 4.84. The molecule has 0 heterocycles. The minimum Gasteiger partial charge on any atom is -0.496 e. The Morgan fingerprint density at radius 1 is 1.00 bits per heavy atom. The van der Waals surface area contributed by atoms with E-state index in [4.69, 9.17) is 21.1 Å². The van der Waals surface area contributed by atoms with Crippen molar-refractivity contribution in [3.8, 4) is 5.75 Å². The van der Waals surface area contributed by atoms with Gasteiger partial charge >= 0.3 is 5.97 Å². The normalized spacial score (nSPS) is 10.5. The zero-order valence-electron chi connectivity index (χ0n) is 16.5. The third-order valence-electron chi connectivity index (χ3n) is 4.53. The van der Waals surface area contributed by atoms with Crippen LogP contribution in [0.3, 0.4) is 0 Å². The number of ether oxygens (including phenoxy) is 2. The molecule has 1 N–H and O–H groups in total. The number of esters is 1. The molecule has 154 valence electrons. The Labute approximate surface area is 178 Å². The van der Waals surface area contributed by atoms with Gasteiger partial charge in [-0.15, -0.1) is 0 Å². The summed E-state index contributed by atoms with van der Waals surface area (Å²) in [5.74, 6) is -1.13. The number of carbonyl (C=O) groups is 3. The number of carbonyl (C=O) groups excluding carboxylic acids is 3. The highest BCUT2D eigenvalue weighted by atomic mass is 35.5. The number of hydrogen-bond donors (Lipinski definition) is 1. The van der Waals surface area contributed by atoms with Gasteiger partial charge in [0.1, 0.15) is 11.3 Å². The molecule has 6 nitrogen and oxygen atoms in total. The van der Waals surface area contributed by atoms with Crippen LogP contribution in [0, 0.1) is 0 Å². The molecule has 0 bridgehead atoms. The molecule has 3 aromatic carbocycles. The summed E-state index contributed by atoms with van der Waals surface area (Å²) in [6, 6.07) is 15.7. The summed E-state index contributed by atoms with van der Waals surface area (Å²) < 4.78 is 10.4. The van der Waals surface area contributed by atoms with Crippen LogP contribution in [0.5, 0.6) is 5.75 Å². The monoisotopic (exact) mass is 425 g/mol. The summed E-state index contributed by atoms with van der Waals surface area (Å²) in [6.45, 7) is 1.28. The van der Waals surface area contributed by atoms with Gasteiger partial charge in [0.05, 0.1) is 17.8 Å².